The van der Waals surface area contributed by atoms with Crippen molar-refractivity contribution in [1.82, 2.24) is 20.0 Å². The highest BCUT2D eigenvalue weighted by atomic mass is 35.5. The van der Waals surface area contributed by atoms with E-state index in [4.69, 9.17) is 16.3 Å². The number of fused-ring (bicyclic) bond motifs is 1. The summed E-state index contributed by atoms with van der Waals surface area (Å²) in [4.78, 5) is 17.7. The predicted molar refractivity (Wildman–Crippen MR) is 120 cm³/mol. The van der Waals surface area contributed by atoms with Crippen LogP contribution in [0.1, 0.15) is 33.2 Å². The summed E-state index contributed by atoms with van der Waals surface area (Å²) in [5.74, 6) is 0.00143. The van der Waals surface area contributed by atoms with Crippen LogP contribution >= 0.6 is 11.6 Å². The molecule has 1 saturated heterocycles. The van der Waals surface area contributed by atoms with E-state index in [2.05, 4.69) is 46.3 Å². The molecule has 3 heterocycles. The minimum Gasteiger partial charge on any atom is -0.379 e. The molecule has 1 atom stereocenters. The first kappa shape index (κ1) is 20.2. The van der Waals surface area contributed by atoms with Crippen molar-refractivity contribution in [2.24, 2.45) is 0 Å². The zero-order valence-electron chi connectivity index (χ0n) is 17.5. The van der Waals surface area contributed by atoms with Gasteiger partial charge >= 0.3 is 0 Å². The minimum atomic E-state index is -0.173. The molecule has 1 fully saturated rings. The summed E-state index contributed by atoms with van der Waals surface area (Å²) >= 11 is 6.09. The largest absolute Gasteiger partial charge is 0.379 e. The fraction of sp³-hybridized carbons (Fsp3) is 0.333. The van der Waals surface area contributed by atoms with Gasteiger partial charge in [0.2, 0.25) is 0 Å². The second-order valence-corrected chi connectivity index (χ2v) is 8.57. The molecule has 2 aliphatic rings. The van der Waals surface area contributed by atoms with Gasteiger partial charge in [0, 0.05) is 42.3 Å². The van der Waals surface area contributed by atoms with Gasteiger partial charge in [-0.2, -0.15) is 5.10 Å². The van der Waals surface area contributed by atoms with Crippen molar-refractivity contribution in [3.05, 3.63) is 75.9 Å². The summed E-state index contributed by atoms with van der Waals surface area (Å²) in [6.07, 6.45) is 0. The molecule has 7 heteroatoms. The van der Waals surface area contributed by atoms with E-state index < -0.39 is 0 Å². The van der Waals surface area contributed by atoms with Crippen LogP contribution in [0.15, 0.2) is 48.5 Å². The highest BCUT2D eigenvalue weighted by molar-refractivity contribution is 6.30. The van der Waals surface area contributed by atoms with Crippen molar-refractivity contribution in [1.29, 1.82) is 0 Å². The number of benzene rings is 2. The van der Waals surface area contributed by atoms with Crippen LogP contribution in [-0.4, -0.2) is 65.3 Å². The van der Waals surface area contributed by atoms with E-state index in [0.29, 0.717) is 17.3 Å². The molecule has 2 aromatic carbocycles. The molecule has 2 aliphatic heterocycles. The summed E-state index contributed by atoms with van der Waals surface area (Å²) in [6, 6.07) is 15.9. The van der Waals surface area contributed by atoms with Crippen LogP contribution in [0.2, 0.25) is 5.02 Å². The van der Waals surface area contributed by atoms with Crippen molar-refractivity contribution >= 4 is 17.5 Å². The smallest absolute Gasteiger partial charge is 0.273 e. The Labute approximate surface area is 186 Å². The molecule has 0 bridgehead atoms. The van der Waals surface area contributed by atoms with Gasteiger partial charge in [-0.15, -0.1) is 0 Å². The molecular formula is C24H25ClN4O2. The fourth-order valence-corrected chi connectivity index (χ4v) is 4.55. The van der Waals surface area contributed by atoms with Gasteiger partial charge < -0.3 is 9.64 Å². The number of amides is 1. The van der Waals surface area contributed by atoms with Crippen molar-refractivity contribution in [3.63, 3.8) is 0 Å². The highest BCUT2D eigenvalue weighted by Gasteiger charge is 2.42. The van der Waals surface area contributed by atoms with Crippen LogP contribution in [0, 0.1) is 6.92 Å². The van der Waals surface area contributed by atoms with Crippen LogP contribution in [0.25, 0.3) is 11.3 Å². The number of hydrogen-bond donors (Lipinski definition) is 1. The van der Waals surface area contributed by atoms with E-state index in [1.807, 2.05) is 29.2 Å². The van der Waals surface area contributed by atoms with Crippen molar-refractivity contribution in [2.75, 3.05) is 39.4 Å². The average molecular weight is 437 g/mol. The van der Waals surface area contributed by atoms with Crippen molar-refractivity contribution in [3.8, 4) is 11.3 Å². The molecule has 0 saturated carbocycles. The lowest BCUT2D eigenvalue weighted by atomic mass is 9.95. The molecule has 3 aromatic rings. The summed E-state index contributed by atoms with van der Waals surface area (Å²) in [5.41, 5.74) is 5.56. The minimum absolute atomic E-state index is 0.00143. The van der Waals surface area contributed by atoms with Crippen LogP contribution < -0.4 is 0 Å². The molecule has 31 heavy (non-hydrogen) atoms. The first-order chi connectivity index (χ1) is 15.1. The van der Waals surface area contributed by atoms with Crippen LogP contribution in [0.4, 0.5) is 0 Å². The standard InChI is InChI=1S/C24H25ClN4O2/c1-16-2-4-18(5-3-16)23-20-21(17-6-8-19(25)9-7-17)26-27-22(20)24(30)29(23)11-10-28-12-14-31-15-13-28/h2-9,23H,10-15H2,1H3,(H,26,27). The quantitative estimate of drug-likeness (QED) is 0.658. The molecule has 1 aromatic heterocycles. The SMILES string of the molecule is Cc1ccc(C2c3c(-c4ccc(Cl)cc4)n[nH]c3C(=O)N2CCN2CCOCC2)cc1. The van der Waals surface area contributed by atoms with Gasteiger partial charge in [-0.1, -0.05) is 53.6 Å². The Hall–Kier alpha value is -2.67. The van der Waals surface area contributed by atoms with E-state index in [1.165, 1.54) is 5.56 Å². The van der Waals surface area contributed by atoms with Crippen LogP contribution in [-0.2, 0) is 4.74 Å². The van der Waals surface area contributed by atoms with Gasteiger partial charge in [0.05, 0.1) is 24.9 Å². The summed E-state index contributed by atoms with van der Waals surface area (Å²) in [5, 5.41) is 8.22. The number of morpholine rings is 1. The Balaban J connectivity index is 1.52. The zero-order valence-corrected chi connectivity index (χ0v) is 18.2. The molecular weight excluding hydrogens is 412 g/mol. The molecule has 0 spiro atoms. The lowest BCUT2D eigenvalue weighted by Crippen LogP contribution is -2.42. The third kappa shape index (κ3) is 3.87. The monoisotopic (exact) mass is 436 g/mol. The Morgan fingerprint density at radius 2 is 1.77 bits per heavy atom. The fourth-order valence-electron chi connectivity index (χ4n) is 4.42. The van der Waals surface area contributed by atoms with Gasteiger partial charge in [0.1, 0.15) is 5.69 Å². The van der Waals surface area contributed by atoms with Gasteiger partial charge in [-0.25, -0.2) is 0 Å². The molecule has 6 nitrogen and oxygen atoms in total. The van der Waals surface area contributed by atoms with Gasteiger partial charge in [0.15, 0.2) is 0 Å². The third-order valence-electron chi connectivity index (χ3n) is 6.14. The number of aryl methyl sites for hydroxylation is 1. The van der Waals surface area contributed by atoms with Gasteiger partial charge in [-0.3, -0.25) is 14.8 Å². The number of nitrogens with zero attached hydrogens (tertiary/aromatic N) is 3. The van der Waals surface area contributed by atoms with Crippen LogP contribution in [0.3, 0.4) is 0 Å². The number of ether oxygens (including phenoxy) is 1. The number of hydrogen-bond acceptors (Lipinski definition) is 4. The molecule has 0 aliphatic carbocycles. The topological polar surface area (TPSA) is 61.5 Å². The van der Waals surface area contributed by atoms with E-state index in [1.54, 1.807) is 0 Å². The van der Waals surface area contributed by atoms with Gasteiger partial charge in [0.25, 0.3) is 5.91 Å². The second-order valence-electron chi connectivity index (χ2n) is 8.13. The maximum Gasteiger partial charge on any atom is 0.273 e. The normalized spacial score (nSPS) is 19.1. The Morgan fingerprint density at radius 3 is 2.48 bits per heavy atom. The number of rotatable bonds is 5. The molecule has 1 amide bonds. The molecule has 1 unspecified atom stereocenters. The summed E-state index contributed by atoms with van der Waals surface area (Å²) in [6.45, 7) is 6.85. The summed E-state index contributed by atoms with van der Waals surface area (Å²) < 4.78 is 5.46. The number of halogens is 1. The predicted octanol–water partition coefficient (Wildman–Crippen LogP) is 3.92. The van der Waals surface area contributed by atoms with Crippen LogP contribution in [0.5, 0.6) is 0 Å². The molecule has 160 valence electrons. The van der Waals surface area contributed by atoms with Crippen molar-refractivity contribution in [2.45, 2.75) is 13.0 Å². The van der Waals surface area contributed by atoms with E-state index in [9.17, 15) is 4.79 Å². The van der Waals surface area contributed by atoms with E-state index in [0.717, 1.165) is 55.2 Å². The Bertz CT molecular complexity index is 1070. The zero-order chi connectivity index (χ0) is 21.4. The number of nitrogens with one attached hydrogen (secondary N) is 1. The molecule has 1 N–H and O–H groups in total. The van der Waals surface area contributed by atoms with Gasteiger partial charge in [-0.05, 0) is 24.6 Å². The van der Waals surface area contributed by atoms with E-state index >= 15 is 0 Å². The van der Waals surface area contributed by atoms with E-state index in [-0.39, 0.29) is 11.9 Å². The first-order valence-corrected chi connectivity index (χ1v) is 11.0. The first-order valence-electron chi connectivity index (χ1n) is 10.6. The lowest BCUT2D eigenvalue weighted by molar-refractivity contribution is 0.0316. The number of carbonyl (C=O) groups excluding carboxylic acids is 1. The number of aromatic amines is 1. The number of H-pyrrole nitrogens is 1. The molecule has 5 rings (SSSR count). The number of aromatic nitrogens is 2. The maximum atomic E-state index is 13.4. The Kier molecular flexibility index (Phi) is 5.52. The average Bonchev–Trinajstić information content (AvgIpc) is 3.33. The Morgan fingerprint density at radius 1 is 1.06 bits per heavy atom. The third-order valence-corrected chi connectivity index (χ3v) is 6.39. The maximum absolute atomic E-state index is 13.4. The highest BCUT2D eigenvalue weighted by Crippen LogP contribution is 2.42. The van der Waals surface area contributed by atoms with Crippen molar-refractivity contribution < 1.29 is 9.53 Å². The number of carbonyl (C=O) groups is 1. The summed E-state index contributed by atoms with van der Waals surface area (Å²) in [7, 11) is 0. The second kappa shape index (κ2) is 8.46. The lowest BCUT2D eigenvalue weighted by Gasteiger charge is -2.31. The molecule has 0 radical (unpaired) electrons.